The normalized spacial score (nSPS) is 13.9. The molecule has 0 saturated carbocycles. The first-order valence-electron chi connectivity index (χ1n) is 7.57. The number of hydrogen-bond donors (Lipinski definition) is 2. The Labute approximate surface area is 146 Å². The summed E-state index contributed by atoms with van der Waals surface area (Å²) >= 11 is 0. The zero-order valence-electron chi connectivity index (χ0n) is 14.2. The molecule has 1 aromatic carbocycles. The van der Waals surface area contributed by atoms with Crippen molar-refractivity contribution in [1.82, 2.24) is 15.1 Å². The Hall–Kier alpha value is -2.04. The highest BCUT2D eigenvalue weighted by atomic mass is 19.4. The molecule has 144 valence electrons. The Kier molecular flexibility index (Phi) is 5.69. The smallest absolute Gasteiger partial charge is 0.356 e. The second-order valence-electron chi connectivity index (χ2n) is 6.52. The van der Waals surface area contributed by atoms with E-state index in [9.17, 15) is 27.1 Å². The topological polar surface area (TPSA) is 59.3 Å². The summed E-state index contributed by atoms with van der Waals surface area (Å²) in [5.74, 6) is -1.92. The van der Waals surface area contributed by atoms with E-state index in [0.29, 0.717) is 6.07 Å². The Morgan fingerprint density at radius 3 is 2.19 bits per heavy atom. The molecule has 2 aromatic rings. The molecule has 0 bridgehead atoms. The van der Waals surface area contributed by atoms with Crippen molar-refractivity contribution in [2.24, 2.45) is 0 Å². The molecular weight excluding hydrogens is 361 g/mol. The van der Waals surface area contributed by atoms with Crippen LogP contribution in [0.2, 0.25) is 0 Å². The van der Waals surface area contributed by atoms with Crippen LogP contribution in [0.25, 0.3) is 5.69 Å². The van der Waals surface area contributed by atoms with Crippen molar-refractivity contribution in [2.45, 2.75) is 45.5 Å². The molecule has 2 rings (SSSR count). The van der Waals surface area contributed by atoms with Gasteiger partial charge in [0.25, 0.3) is 0 Å². The lowest BCUT2D eigenvalue weighted by Gasteiger charge is -2.24. The van der Waals surface area contributed by atoms with Crippen molar-refractivity contribution in [1.29, 1.82) is 0 Å². The Balaban J connectivity index is 2.33. The Morgan fingerprint density at radius 2 is 1.69 bits per heavy atom. The van der Waals surface area contributed by atoms with Gasteiger partial charge in [-0.25, -0.2) is 13.5 Å². The fourth-order valence-corrected chi connectivity index (χ4v) is 2.14. The van der Waals surface area contributed by atoms with E-state index in [1.165, 1.54) is 0 Å². The zero-order valence-corrected chi connectivity index (χ0v) is 14.2. The molecule has 0 fully saturated rings. The van der Waals surface area contributed by atoms with Gasteiger partial charge < -0.3 is 9.84 Å². The number of rotatable bonds is 5. The van der Waals surface area contributed by atoms with Gasteiger partial charge in [-0.15, -0.1) is 0 Å². The number of hydrogen-bond acceptors (Lipinski definition) is 4. The van der Waals surface area contributed by atoms with Crippen LogP contribution in [0.3, 0.4) is 0 Å². The van der Waals surface area contributed by atoms with E-state index in [0.717, 1.165) is 22.9 Å². The summed E-state index contributed by atoms with van der Waals surface area (Å²) in [6.07, 6.45) is -6.20. The van der Waals surface area contributed by atoms with Crippen molar-refractivity contribution in [3.63, 3.8) is 0 Å². The lowest BCUT2D eigenvalue weighted by molar-refractivity contribution is -0.182. The number of aromatic nitrogens is 2. The van der Waals surface area contributed by atoms with Crippen molar-refractivity contribution >= 4 is 0 Å². The lowest BCUT2D eigenvalue weighted by atomic mass is 10.2. The van der Waals surface area contributed by atoms with E-state index in [-0.39, 0.29) is 17.9 Å². The summed E-state index contributed by atoms with van der Waals surface area (Å²) in [7, 11) is 0. The number of benzene rings is 1. The van der Waals surface area contributed by atoms with Crippen LogP contribution in [0.15, 0.2) is 24.3 Å². The molecular formula is C16H18F5N3O2. The maximum Gasteiger partial charge on any atom is 0.435 e. The summed E-state index contributed by atoms with van der Waals surface area (Å²) < 4.78 is 71.6. The third-order valence-electron chi connectivity index (χ3n) is 3.09. The molecule has 5 nitrogen and oxygen atoms in total. The monoisotopic (exact) mass is 379 g/mol. The van der Waals surface area contributed by atoms with E-state index in [2.05, 4.69) is 10.4 Å². The average Bonchev–Trinajstić information content (AvgIpc) is 2.86. The molecule has 26 heavy (non-hydrogen) atoms. The van der Waals surface area contributed by atoms with Gasteiger partial charge in [0.05, 0.1) is 17.0 Å². The molecule has 1 heterocycles. The molecule has 0 aliphatic heterocycles. The molecule has 1 aromatic heterocycles. The number of aliphatic hydroxyl groups excluding tert-OH is 1. The van der Waals surface area contributed by atoms with E-state index >= 15 is 0 Å². The zero-order chi connectivity index (χ0) is 19.7. The number of nitrogens with one attached hydrogen (secondary N) is 1. The standard InChI is InChI=1S/C16H18F5N3O2/c1-15(2,3)26-14(25)22-8-12-7-13(16(19,20)21)23-24(12)11-5-9(17)4-10(18)6-11/h4-7,14,22,25H,8H2,1-3H3. The van der Waals surface area contributed by atoms with Crippen molar-refractivity contribution in [3.8, 4) is 5.69 Å². The number of alkyl halides is 3. The van der Waals surface area contributed by atoms with Crippen molar-refractivity contribution in [2.75, 3.05) is 0 Å². The summed E-state index contributed by atoms with van der Waals surface area (Å²) in [4.78, 5) is 0. The molecule has 0 amide bonds. The first-order valence-corrected chi connectivity index (χ1v) is 7.57. The van der Waals surface area contributed by atoms with E-state index in [4.69, 9.17) is 4.74 Å². The minimum atomic E-state index is -4.74. The van der Waals surface area contributed by atoms with E-state index in [1.807, 2.05) is 0 Å². The third-order valence-corrected chi connectivity index (χ3v) is 3.09. The second-order valence-corrected chi connectivity index (χ2v) is 6.52. The highest BCUT2D eigenvalue weighted by Crippen LogP contribution is 2.30. The number of ether oxygens (including phenoxy) is 1. The Morgan fingerprint density at radius 1 is 1.12 bits per heavy atom. The third kappa shape index (κ3) is 5.48. The van der Waals surface area contributed by atoms with Gasteiger partial charge in [-0.3, -0.25) is 5.32 Å². The van der Waals surface area contributed by atoms with Crippen molar-refractivity contribution in [3.05, 3.63) is 47.3 Å². The van der Waals surface area contributed by atoms with Crippen LogP contribution in [0.5, 0.6) is 0 Å². The maximum absolute atomic E-state index is 13.4. The van der Waals surface area contributed by atoms with Gasteiger partial charge in [0.1, 0.15) is 11.6 Å². The minimum absolute atomic E-state index is 0.0705. The van der Waals surface area contributed by atoms with E-state index < -0.39 is 35.5 Å². The number of nitrogens with zero attached hydrogens (tertiary/aromatic N) is 2. The summed E-state index contributed by atoms with van der Waals surface area (Å²) in [6, 6.07) is 3.01. The average molecular weight is 379 g/mol. The maximum atomic E-state index is 13.4. The van der Waals surface area contributed by atoms with Gasteiger partial charge >= 0.3 is 6.18 Å². The van der Waals surface area contributed by atoms with E-state index in [1.54, 1.807) is 20.8 Å². The fraction of sp³-hybridized carbons (Fsp3) is 0.438. The summed E-state index contributed by atoms with van der Waals surface area (Å²) in [6.45, 7) is 4.75. The first-order chi connectivity index (χ1) is 11.8. The first kappa shape index (κ1) is 20.3. The highest BCUT2D eigenvalue weighted by molar-refractivity contribution is 5.35. The van der Waals surface area contributed by atoms with Crippen LogP contribution in [0.1, 0.15) is 32.2 Å². The van der Waals surface area contributed by atoms with Gasteiger partial charge in [-0.2, -0.15) is 18.3 Å². The molecule has 1 atom stereocenters. The molecule has 10 heteroatoms. The molecule has 0 aliphatic carbocycles. The van der Waals surface area contributed by atoms with Crippen molar-refractivity contribution < 1.29 is 31.8 Å². The molecule has 1 unspecified atom stereocenters. The Bertz CT molecular complexity index is 748. The quantitative estimate of drug-likeness (QED) is 0.618. The minimum Gasteiger partial charge on any atom is -0.356 e. The van der Waals surface area contributed by atoms with Crippen LogP contribution < -0.4 is 5.32 Å². The summed E-state index contributed by atoms with van der Waals surface area (Å²) in [5, 5.41) is 15.6. The predicted molar refractivity (Wildman–Crippen MR) is 82.2 cm³/mol. The highest BCUT2D eigenvalue weighted by Gasteiger charge is 2.35. The molecule has 0 aliphatic rings. The van der Waals surface area contributed by atoms with Gasteiger partial charge in [0, 0.05) is 12.6 Å². The predicted octanol–water partition coefficient (Wildman–Crippen LogP) is 3.35. The van der Waals surface area contributed by atoms with Gasteiger partial charge in [0.2, 0.25) is 6.41 Å². The second kappa shape index (κ2) is 7.29. The summed E-state index contributed by atoms with van der Waals surface area (Å²) in [5.41, 5.74) is -2.22. The number of halogens is 5. The largest absolute Gasteiger partial charge is 0.435 e. The lowest BCUT2D eigenvalue weighted by Crippen LogP contribution is -2.38. The van der Waals surface area contributed by atoms with Crippen LogP contribution in [-0.2, 0) is 17.5 Å². The van der Waals surface area contributed by atoms with Crippen LogP contribution in [-0.4, -0.2) is 26.9 Å². The van der Waals surface area contributed by atoms with Gasteiger partial charge in [-0.05, 0) is 39.0 Å². The molecule has 2 N–H and O–H groups in total. The molecule has 0 saturated heterocycles. The fourth-order valence-electron chi connectivity index (χ4n) is 2.14. The van der Waals surface area contributed by atoms with Crippen LogP contribution in [0.4, 0.5) is 22.0 Å². The van der Waals surface area contributed by atoms with Gasteiger partial charge in [0.15, 0.2) is 5.69 Å². The molecule has 0 spiro atoms. The SMILES string of the molecule is CC(C)(C)OC(O)NCc1cc(C(F)(F)F)nn1-c1cc(F)cc(F)c1. The van der Waals surface area contributed by atoms with Gasteiger partial charge in [-0.1, -0.05) is 0 Å². The van der Waals surface area contributed by atoms with Crippen LogP contribution >= 0.6 is 0 Å². The molecule has 0 radical (unpaired) electrons. The number of aliphatic hydroxyl groups is 1. The van der Waals surface area contributed by atoms with Crippen LogP contribution in [0, 0.1) is 11.6 Å².